The van der Waals surface area contributed by atoms with Crippen LogP contribution in [0.1, 0.15) is 24.5 Å². The average molecular weight is 404 g/mol. The van der Waals surface area contributed by atoms with Gasteiger partial charge in [0, 0.05) is 50.7 Å². The van der Waals surface area contributed by atoms with E-state index in [1.807, 2.05) is 16.8 Å². The normalized spacial score (nSPS) is 16.6. The van der Waals surface area contributed by atoms with E-state index in [0.29, 0.717) is 12.5 Å². The first-order valence-corrected chi connectivity index (χ1v) is 9.11. The van der Waals surface area contributed by atoms with Crippen LogP contribution in [-0.2, 0) is 4.74 Å². The molecule has 25 heavy (non-hydrogen) atoms. The van der Waals surface area contributed by atoms with Gasteiger partial charge in [-0.3, -0.25) is 4.99 Å². The maximum Gasteiger partial charge on any atom is 0.171 e. The number of halogens is 1. The Labute approximate surface area is 155 Å². The van der Waals surface area contributed by atoms with Crippen LogP contribution in [0.15, 0.2) is 46.0 Å². The van der Waals surface area contributed by atoms with Crippen LogP contribution in [0.2, 0.25) is 0 Å². The van der Waals surface area contributed by atoms with Crippen molar-refractivity contribution in [1.82, 2.24) is 14.6 Å². The Morgan fingerprint density at radius 3 is 3.04 bits per heavy atom. The molecule has 2 aromatic heterocycles. The van der Waals surface area contributed by atoms with E-state index in [9.17, 15) is 0 Å². The number of rotatable bonds is 6. The Balaban J connectivity index is 1.92. The predicted octanol–water partition coefficient (Wildman–Crippen LogP) is 3.61. The fourth-order valence-corrected chi connectivity index (χ4v) is 3.29. The molecule has 2 aromatic rings. The highest BCUT2D eigenvalue weighted by Crippen LogP contribution is 2.29. The number of nitrogens with zero attached hydrogens (tertiary/aromatic N) is 4. The minimum Gasteiger partial charge on any atom is -0.381 e. The zero-order valence-electron chi connectivity index (χ0n) is 14.3. The summed E-state index contributed by atoms with van der Waals surface area (Å²) in [5.74, 6) is 1.33. The van der Waals surface area contributed by atoms with E-state index in [-0.39, 0.29) is 0 Å². The number of nitrogens with one attached hydrogen (secondary N) is 1. The number of aromatic nitrogens is 3. The molecule has 0 bridgehead atoms. The number of fused-ring (bicyclic) bond motifs is 1. The fraction of sp³-hybridized carbons (Fsp3) is 0.389. The summed E-state index contributed by atoms with van der Waals surface area (Å²) < 4.78 is 8.19. The average Bonchev–Trinajstić information content (AvgIpc) is 3.02. The Hall–Kier alpha value is -1.99. The van der Waals surface area contributed by atoms with E-state index in [4.69, 9.17) is 9.72 Å². The highest BCUT2D eigenvalue weighted by Gasteiger charge is 2.20. The maximum atomic E-state index is 5.48. The Morgan fingerprint density at radius 2 is 2.32 bits per heavy atom. The van der Waals surface area contributed by atoms with Crippen molar-refractivity contribution in [3.63, 3.8) is 0 Å². The van der Waals surface area contributed by atoms with Crippen molar-refractivity contribution in [2.45, 2.75) is 18.8 Å². The van der Waals surface area contributed by atoms with E-state index < -0.39 is 0 Å². The zero-order valence-corrected chi connectivity index (χ0v) is 15.9. The van der Waals surface area contributed by atoms with Gasteiger partial charge in [0.2, 0.25) is 0 Å². The molecular formula is C18H22BrN5O. The molecule has 7 heteroatoms. The standard InChI is InChI=1S/C18H22BrN5O/c1-3-4-13(10-20-2)11-21-17-9-16(14-5-7-25-8-6-14)23-18-15(19)12-22-24(17)18/h3-4,9-10,12,14,21H,1,5-8,11H2,2H3/b13-4+,20-10?. The van der Waals surface area contributed by atoms with Gasteiger partial charge in [-0.25, -0.2) is 4.98 Å². The third-order valence-corrected chi connectivity index (χ3v) is 4.75. The lowest BCUT2D eigenvalue weighted by Gasteiger charge is -2.22. The van der Waals surface area contributed by atoms with Gasteiger partial charge in [-0.2, -0.15) is 9.61 Å². The van der Waals surface area contributed by atoms with E-state index >= 15 is 0 Å². The van der Waals surface area contributed by atoms with Gasteiger partial charge in [0.1, 0.15) is 5.82 Å². The Morgan fingerprint density at radius 1 is 1.52 bits per heavy atom. The van der Waals surface area contributed by atoms with Crippen molar-refractivity contribution < 1.29 is 4.74 Å². The van der Waals surface area contributed by atoms with Gasteiger partial charge in [-0.05, 0) is 34.3 Å². The lowest BCUT2D eigenvalue weighted by atomic mass is 9.96. The van der Waals surface area contributed by atoms with E-state index in [0.717, 1.165) is 53.3 Å². The minimum absolute atomic E-state index is 0.418. The summed E-state index contributed by atoms with van der Waals surface area (Å²) in [6.45, 7) is 5.97. The van der Waals surface area contributed by atoms with Gasteiger partial charge in [-0.1, -0.05) is 18.7 Å². The molecule has 0 aromatic carbocycles. The molecule has 0 saturated carbocycles. The number of ether oxygens (including phenoxy) is 1. The van der Waals surface area contributed by atoms with Gasteiger partial charge in [0.15, 0.2) is 5.65 Å². The number of hydrogen-bond donors (Lipinski definition) is 1. The SMILES string of the molecule is C=C/C=C(\C=NC)CNc1cc(C2CCOCC2)nc2c(Br)cnn12. The molecule has 1 fully saturated rings. The molecule has 132 valence electrons. The van der Waals surface area contributed by atoms with Crippen molar-refractivity contribution in [3.8, 4) is 0 Å². The maximum absolute atomic E-state index is 5.48. The number of hydrogen-bond acceptors (Lipinski definition) is 5. The van der Waals surface area contributed by atoms with Gasteiger partial charge < -0.3 is 10.1 Å². The van der Waals surface area contributed by atoms with Crippen LogP contribution in [0.25, 0.3) is 5.65 Å². The second kappa shape index (κ2) is 8.40. The minimum atomic E-state index is 0.418. The monoisotopic (exact) mass is 403 g/mol. The second-order valence-electron chi connectivity index (χ2n) is 5.90. The lowest BCUT2D eigenvalue weighted by molar-refractivity contribution is 0.0845. The third kappa shape index (κ3) is 4.16. The van der Waals surface area contributed by atoms with Gasteiger partial charge in [-0.15, -0.1) is 0 Å². The molecule has 6 nitrogen and oxygen atoms in total. The third-order valence-electron chi connectivity index (χ3n) is 4.19. The summed E-state index contributed by atoms with van der Waals surface area (Å²) in [5.41, 5.74) is 2.95. The highest BCUT2D eigenvalue weighted by molar-refractivity contribution is 9.10. The fourth-order valence-electron chi connectivity index (χ4n) is 2.94. The van der Waals surface area contributed by atoms with Gasteiger partial charge >= 0.3 is 0 Å². The smallest absolute Gasteiger partial charge is 0.171 e. The topological polar surface area (TPSA) is 63.8 Å². The Kier molecular flexibility index (Phi) is 5.99. The van der Waals surface area contributed by atoms with Gasteiger partial charge in [0.25, 0.3) is 0 Å². The molecule has 0 spiro atoms. The number of allylic oxidation sites excluding steroid dienone is 2. The van der Waals surface area contributed by atoms with Crippen molar-refractivity contribution in [1.29, 1.82) is 0 Å². The summed E-state index contributed by atoms with van der Waals surface area (Å²) in [6.07, 6.45) is 9.30. The molecule has 1 aliphatic heterocycles. The van der Waals surface area contributed by atoms with Crippen LogP contribution in [0.4, 0.5) is 5.82 Å². The first kappa shape index (κ1) is 17.8. The van der Waals surface area contributed by atoms with Crippen molar-refractivity contribution in [2.24, 2.45) is 4.99 Å². The number of aliphatic imine (C=N–C) groups is 1. The molecule has 1 N–H and O–H groups in total. The van der Waals surface area contributed by atoms with E-state index in [1.165, 1.54) is 0 Å². The van der Waals surface area contributed by atoms with Crippen LogP contribution in [0, 0.1) is 0 Å². The van der Waals surface area contributed by atoms with Crippen LogP contribution in [0.3, 0.4) is 0 Å². The predicted molar refractivity (Wildman–Crippen MR) is 105 cm³/mol. The van der Waals surface area contributed by atoms with Crippen molar-refractivity contribution in [2.75, 3.05) is 32.1 Å². The first-order valence-electron chi connectivity index (χ1n) is 8.32. The van der Waals surface area contributed by atoms with E-state index in [2.05, 4.69) is 44.0 Å². The molecule has 1 saturated heterocycles. The first-order chi connectivity index (χ1) is 12.2. The van der Waals surface area contributed by atoms with Crippen molar-refractivity contribution >= 4 is 33.6 Å². The summed E-state index contributed by atoms with van der Waals surface area (Å²) >= 11 is 3.54. The van der Waals surface area contributed by atoms with Crippen LogP contribution < -0.4 is 5.32 Å². The van der Waals surface area contributed by atoms with Gasteiger partial charge in [0.05, 0.1) is 10.7 Å². The van der Waals surface area contributed by atoms with Crippen LogP contribution in [0.5, 0.6) is 0 Å². The summed E-state index contributed by atoms with van der Waals surface area (Å²) in [6, 6.07) is 2.09. The molecule has 1 aliphatic rings. The molecule has 0 atom stereocenters. The van der Waals surface area contributed by atoms with Crippen LogP contribution in [-0.4, -0.2) is 47.6 Å². The zero-order chi connectivity index (χ0) is 17.6. The molecular weight excluding hydrogens is 382 g/mol. The number of anilines is 1. The largest absolute Gasteiger partial charge is 0.381 e. The van der Waals surface area contributed by atoms with Crippen LogP contribution >= 0.6 is 15.9 Å². The van der Waals surface area contributed by atoms with E-state index in [1.54, 1.807) is 19.3 Å². The Bertz CT molecular complexity index is 805. The molecule has 0 radical (unpaired) electrons. The summed E-state index contributed by atoms with van der Waals surface area (Å²) in [5, 5.41) is 7.87. The summed E-state index contributed by atoms with van der Waals surface area (Å²) in [4.78, 5) is 8.91. The summed E-state index contributed by atoms with van der Waals surface area (Å²) in [7, 11) is 1.76. The second-order valence-corrected chi connectivity index (χ2v) is 6.75. The molecule has 3 rings (SSSR count). The molecule has 0 unspecified atom stereocenters. The quantitative estimate of drug-likeness (QED) is 0.590. The van der Waals surface area contributed by atoms with Crippen molar-refractivity contribution in [3.05, 3.63) is 46.7 Å². The highest BCUT2D eigenvalue weighted by atomic mass is 79.9. The lowest BCUT2D eigenvalue weighted by Crippen LogP contribution is -2.17. The molecule has 0 aliphatic carbocycles. The molecule has 3 heterocycles. The molecule has 0 amide bonds.